The standard InChI is InChI=1S/C15H8Br2F6/c16-11-5-1-9(2-6-11)13(18,19)15(22,23)14(20,21)10-3-7-12(17)8-4-10/h1-8H. The van der Waals surface area contributed by atoms with E-state index in [0.717, 1.165) is 24.3 Å². The summed E-state index contributed by atoms with van der Waals surface area (Å²) in [5, 5.41) is 0. The Morgan fingerprint density at radius 2 is 0.783 bits per heavy atom. The largest absolute Gasteiger partial charge is 0.380 e. The predicted octanol–water partition coefficient (Wildman–Crippen LogP) is 6.73. The summed E-state index contributed by atoms with van der Waals surface area (Å²) in [5.74, 6) is -15.7. The maximum atomic E-state index is 14.1. The van der Waals surface area contributed by atoms with E-state index in [0.29, 0.717) is 33.2 Å². The van der Waals surface area contributed by atoms with Crippen molar-refractivity contribution in [2.75, 3.05) is 0 Å². The Kier molecular flexibility index (Phi) is 4.88. The number of halogens is 8. The van der Waals surface area contributed by atoms with Gasteiger partial charge in [-0.1, -0.05) is 56.1 Å². The molecule has 2 rings (SSSR count). The molecule has 0 aromatic heterocycles. The van der Waals surface area contributed by atoms with Crippen LogP contribution in [0.5, 0.6) is 0 Å². The number of alkyl halides is 6. The van der Waals surface area contributed by atoms with Crippen molar-refractivity contribution in [2.24, 2.45) is 0 Å². The lowest BCUT2D eigenvalue weighted by atomic mass is 9.93. The lowest BCUT2D eigenvalue weighted by Gasteiger charge is -2.33. The Morgan fingerprint density at radius 3 is 1.04 bits per heavy atom. The molecule has 0 fully saturated rings. The molecule has 2 aromatic carbocycles. The number of benzene rings is 2. The van der Waals surface area contributed by atoms with Crippen molar-refractivity contribution in [3.05, 3.63) is 68.6 Å². The van der Waals surface area contributed by atoms with Crippen LogP contribution >= 0.6 is 31.9 Å². The van der Waals surface area contributed by atoms with Crippen molar-refractivity contribution in [2.45, 2.75) is 17.8 Å². The highest BCUT2D eigenvalue weighted by Crippen LogP contribution is 2.55. The van der Waals surface area contributed by atoms with Crippen molar-refractivity contribution in [3.63, 3.8) is 0 Å². The fraction of sp³-hybridized carbons (Fsp3) is 0.200. The van der Waals surface area contributed by atoms with E-state index in [9.17, 15) is 26.3 Å². The van der Waals surface area contributed by atoms with Crippen LogP contribution in [0.2, 0.25) is 0 Å². The summed E-state index contributed by atoms with van der Waals surface area (Å²) >= 11 is 5.92. The van der Waals surface area contributed by atoms with Crippen molar-refractivity contribution >= 4 is 31.9 Å². The maximum absolute atomic E-state index is 14.1. The Labute approximate surface area is 144 Å². The van der Waals surface area contributed by atoms with E-state index in [1.54, 1.807) is 0 Å². The van der Waals surface area contributed by atoms with Crippen LogP contribution in [0.1, 0.15) is 11.1 Å². The first-order valence-electron chi connectivity index (χ1n) is 6.15. The average Bonchev–Trinajstić information content (AvgIpc) is 2.47. The molecule has 23 heavy (non-hydrogen) atoms. The molecule has 0 atom stereocenters. The first kappa shape index (κ1) is 18.3. The summed E-state index contributed by atoms with van der Waals surface area (Å²) in [6, 6.07) is 7.03. The zero-order chi connectivity index (χ0) is 17.5. The van der Waals surface area contributed by atoms with Crippen LogP contribution in [0.3, 0.4) is 0 Å². The third kappa shape index (κ3) is 3.15. The van der Waals surface area contributed by atoms with Gasteiger partial charge in [0.1, 0.15) is 0 Å². The van der Waals surface area contributed by atoms with E-state index in [-0.39, 0.29) is 0 Å². The minimum atomic E-state index is -5.61. The van der Waals surface area contributed by atoms with Gasteiger partial charge in [0.25, 0.3) is 0 Å². The quantitative estimate of drug-likeness (QED) is 0.443. The zero-order valence-electron chi connectivity index (χ0n) is 11.1. The maximum Gasteiger partial charge on any atom is 0.380 e. The molecule has 124 valence electrons. The lowest BCUT2D eigenvalue weighted by Crippen LogP contribution is -2.50. The van der Waals surface area contributed by atoms with Gasteiger partial charge in [-0.05, 0) is 24.3 Å². The Morgan fingerprint density at radius 1 is 0.522 bits per heavy atom. The molecular formula is C15H8Br2F6. The molecule has 0 aliphatic rings. The second kappa shape index (κ2) is 6.12. The SMILES string of the molecule is FC(F)(c1ccc(Br)cc1)C(F)(F)C(F)(F)c1ccc(Br)cc1. The molecule has 0 heterocycles. The molecular weight excluding hydrogens is 454 g/mol. The van der Waals surface area contributed by atoms with E-state index in [2.05, 4.69) is 31.9 Å². The van der Waals surface area contributed by atoms with Gasteiger partial charge in [-0.2, -0.15) is 26.3 Å². The Bertz CT molecular complexity index is 621. The molecule has 0 radical (unpaired) electrons. The molecule has 0 aliphatic heterocycles. The van der Waals surface area contributed by atoms with Crippen LogP contribution in [-0.2, 0) is 11.8 Å². The van der Waals surface area contributed by atoms with Gasteiger partial charge in [-0.15, -0.1) is 0 Å². The molecule has 8 heteroatoms. The van der Waals surface area contributed by atoms with Crippen LogP contribution in [-0.4, -0.2) is 5.92 Å². The fourth-order valence-corrected chi connectivity index (χ4v) is 2.41. The van der Waals surface area contributed by atoms with E-state index in [4.69, 9.17) is 0 Å². The lowest BCUT2D eigenvalue weighted by molar-refractivity contribution is -0.321. The third-order valence-corrected chi connectivity index (χ3v) is 4.26. The van der Waals surface area contributed by atoms with Crippen molar-refractivity contribution in [1.82, 2.24) is 0 Å². The van der Waals surface area contributed by atoms with Gasteiger partial charge in [-0.3, -0.25) is 0 Å². The molecule has 0 spiro atoms. The highest BCUT2D eigenvalue weighted by atomic mass is 79.9. The van der Waals surface area contributed by atoms with Crippen LogP contribution < -0.4 is 0 Å². The molecule has 0 aliphatic carbocycles. The molecule has 0 unspecified atom stereocenters. The fourth-order valence-electron chi connectivity index (χ4n) is 1.88. The molecule has 0 saturated heterocycles. The second-order valence-corrected chi connectivity index (χ2v) is 6.57. The molecule has 2 aromatic rings. The van der Waals surface area contributed by atoms with Gasteiger partial charge < -0.3 is 0 Å². The zero-order valence-corrected chi connectivity index (χ0v) is 14.3. The van der Waals surface area contributed by atoms with Gasteiger partial charge in [0.15, 0.2) is 0 Å². The minimum Gasteiger partial charge on any atom is -0.194 e. The highest BCUT2D eigenvalue weighted by Gasteiger charge is 2.72. The van der Waals surface area contributed by atoms with E-state index >= 15 is 0 Å². The first-order chi connectivity index (χ1) is 10.5. The van der Waals surface area contributed by atoms with Crippen molar-refractivity contribution in [1.29, 1.82) is 0 Å². The Hall–Kier alpha value is -1.02. The monoisotopic (exact) mass is 460 g/mol. The second-order valence-electron chi connectivity index (χ2n) is 4.74. The summed E-state index contributed by atoms with van der Waals surface area (Å²) < 4.78 is 85.1. The van der Waals surface area contributed by atoms with Gasteiger partial charge in [0, 0.05) is 20.1 Å². The topological polar surface area (TPSA) is 0 Å². The number of hydrogen-bond acceptors (Lipinski definition) is 0. The Balaban J connectivity index is 2.49. The van der Waals surface area contributed by atoms with Crippen LogP contribution in [0.4, 0.5) is 26.3 Å². The van der Waals surface area contributed by atoms with Crippen LogP contribution in [0.25, 0.3) is 0 Å². The highest BCUT2D eigenvalue weighted by molar-refractivity contribution is 9.10. The van der Waals surface area contributed by atoms with Gasteiger partial charge >= 0.3 is 17.8 Å². The van der Waals surface area contributed by atoms with Gasteiger partial charge in [0.05, 0.1) is 0 Å². The summed E-state index contributed by atoms with van der Waals surface area (Å²) in [6.07, 6.45) is 0. The first-order valence-corrected chi connectivity index (χ1v) is 7.74. The summed E-state index contributed by atoms with van der Waals surface area (Å²) in [7, 11) is 0. The molecule has 0 N–H and O–H groups in total. The van der Waals surface area contributed by atoms with Crippen LogP contribution in [0.15, 0.2) is 57.5 Å². The predicted molar refractivity (Wildman–Crippen MR) is 81.0 cm³/mol. The average molecular weight is 462 g/mol. The smallest absolute Gasteiger partial charge is 0.194 e. The van der Waals surface area contributed by atoms with E-state index in [1.165, 1.54) is 0 Å². The van der Waals surface area contributed by atoms with E-state index in [1.807, 2.05) is 0 Å². The third-order valence-electron chi connectivity index (χ3n) is 3.20. The molecule has 0 bridgehead atoms. The summed E-state index contributed by atoms with van der Waals surface area (Å²) in [5.41, 5.74) is -2.38. The van der Waals surface area contributed by atoms with E-state index < -0.39 is 28.9 Å². The number of rotatable bonds is 4. The number of hydrogen-bond donors (Lipinski definition) is 0. The summed E-state index contributed by atoms with van der Waals surface area (Å²) in [4.78, 5) is 0. The van der Waals surface area contributed by atoms with Crippen LogP contribution in [0, 0.1) is 0 Å². The van der Waals surface area contributed by atoms with Gasteiger partial charge in [0.2, 0.25) is 0 Å². The van der Waals surface area contributed by atoms with Crippen molar-refractivity contribution in [3.8, 4) is 0 Å². The van der Waals surface area contributed by atoms with Crippen molar-refractivity contribution < 1.29 is 26.3 Å². The molecule has 0 nitrogen and oxygen atoms in total. The minimum absolute atomic E-state index is 0.361. The molecule has 0 saturated carbocycles. The molecule has 0 amide bonds. The normalized spacial score (nSPS) is 13.2. The van der Waals surface area contributed by atoms with Gasteiger partial charge in [-0.25, -0.2) is 0 Å². The summed E-state index contributed by atoms with van der Waals surface area (Å²) in [6.45, 7) is 0.